The van der Waals surface area contributed by atoms with Gasteiger partial charge in [0, 0.05) is 38.4 Å². The summed E-state index contributed by atoms with van der Waals surface area (Å²) < 4.78 is 44.2. The molecule has 1 aromatic heterocycles. The van der Waals surface area contributed by atoms with Crippen LogP contribution >= 0.6 is 0 Å². The number of morpholine rings is 2. The fourth-order valence-corrected chi connectivity index (χ4v) is 5.61. The minimum Gasteiger partial charge on any atom is -0.468 e. The van der Waals surface area contributed by atoms with Gasteiger partial charge in [-0.2, -0.15) is 4.31 Å². The van der Waals surface area contributed by atoms with Crippen molar-refractivity contribution in [3.8, 4) is 0 Å². The predicted molar refractivity (Wildman–Crippen MR) is 127 cm³/mol. The van der Waals surface area contributed by atoms with Gasteiger partial charge in [-0.1, -0.05) is 0 Å². The highest BCUT2D eigenvalue weighted by atomic mass is 32.2. The Morgan fingerprint density at radius 2 is 1.74 bits per heavy atom. The van der Waals surface area contributed by atoms with Crippen molar-refractivity contribution in [3.63, 3.8) is 0 Å². The van der Waals surface area contributed by atoms with E-state index in [0.717, 1.165) is 5.76 Å². The molecule has 4 rings (SSSR count). The van der Waals surface area contributed by atoms with Gasteiger partial charge in [0.15, 0.2) is 0 Å². The molecule has 2 aliphatic rings. The van der Waals surface area contributed by atoms with Gasteiger partial charge in [0.25, 0.3) is 5.91 Å². The Hall–Kier alpha value is -2.44. The number of carbonyl (C=O) groups is 1. The van der Waals surface area contributed by atoms with Gasteiger partial charge in [0.05, 0.1) is 49.2 Å². The number of sulfonamides is 1. The van der Waals surface area contributed by atoms with E-state index < -0.39 is 10.0 Å². The molecule has 2 aromatic rings. The monoisotopic (exact) mass is 492 g/mol. The number of rotatable bonds is 8. The third-order valence-electron chi connectivity index (χ3n) is 6.12. The Morgan fingerprint density at radius 3 is 2.35 bits per heavy atom. The van der Waals surface area contributed by atoms with Crippen LogP contribution in [0.1, 0.15) is 22.2 Å². The average molecular weight is 493 g/mol. The normalized spacial score (nSPS) is 18.7. The van der Waals surface area contributed by atoms with Gasteiger partial charge in [-0.3, -0.25) is 9.69 Å². The lowest BCUT2D eigenvalue weighted by atomic mass is 10.1. The first-order chi connectivity index (χ1) is 16.4. The molecular weight excluding hydrogens is 460 g/mol. The zero-order valence-corrected chi connectivity index (χ0v) is 20.4. The molecule has 0 bridgehead atoms. The summed E-state index contributed by atoms with van der Waals surface area (Å²) in [6.07, 6.45) is 1.60. The van der Waals surface area contributed by atoms with Gasteiger partial charge >= 0.3 is 0 Å². The molecule has 0 radical (unpaired) electrons. The van der Waals surface area contributed by atoms with E-state index in [0.29, 0.717) is 70.4 Å². The minimum atomic E-state index is -3.74. The van der Waals surface area contributed by atoms with E-state index in [1.807, 2.05) is 31.1 Å². The smallest absolute Gasteiger partial charge is 0.253 e. The minimum absolute atomic E-state index is 0.103. The largest absolute Gasteiger partial charge is 0.468 e. The molecule has 11 heteroatoms. The summed E-state index contributed by atoms with van der Waals surface area (Å²) in [4.78, 5) is 17.5. The highest BCUT2D eigenvalue weighted by Crippen LogP contribution is 2.27. The quantitative estimate of drug-likeness (QED) is 0.586. The van der Waals surface area contributed by atoms with Crippen molar-refractivity contribution in [1.29, 1.82) is 0 Å². The number of benzene rings is 1. The van der Waals surface area contributed by atoms with Gasteiger partial charge in [-0.25, -0.2) is 8.42 Å². The topological polar surface area (TPSA) is 105 Å². The zero-order valence-electron chi connectivity index (χ0n) is 19.6. The summed E-state index contributed by atoms with van der Waals surface area (Å²) >= 11 is 0. The van der Waals surface area contributed by atoms with Crippen molar-refractivity contribution >= 4 is 21.6 Å². The molecule has 186 valence electrons. The summed E-state index contributed by atoms with van der Waals surface area (Å²) in [6, 6.07) is 8.31. The van der Waals surface area contributed by atoms with Crippen molar-refractivity contribution in [3.05, 3.63) is 47.9 Å². The van der Waals surface area contributed by atoms with E-state index in [1.165, 1.54) is 10.4 Å². The number of furan rings is 1. The molecule has 3 heterocycles. The van der Waals surface area contributed by atoms with E-state index in [1.54, 1.807) is 18.4 Å². The number of anilines is 1. The fourth-order valence-electron chi connectivity index (χ4n) is 4.18. The van der Waals surface area contributed by atoms with Gasteiger partial charge < -0.3 is 24.1 Å². The Morgan fingerprint density at radius 1 is 1.06 bits per heavy atom. The number of likely N-dealkylation sites (N-methyl/N-ethyl adjacent to an activating group) is 1. The van der Waals surface area contributed by atoms with Crippen LogP contribution in [0.25, 0.3) is 0 Å². The number of nitrogens with one attached hydrogen (secondary N) is 1. The molecule has 0 spiro atoms. The molecule has 2 saturated heterocycles. The molecule has 1 N–H and O–H groups in total. The summed E-state index contributed by atoms with van der Waals surface area (Å²) in [5.74, 6) is 0.404. The van der Waals surface area contributed by atoms with Crippen molar-refractivity contribution in [2.24, 2.45) is 0 Å². The van der Waals surface area contributed by atoms with Crippen LogP contribution in [0, 0.1) is 0 Å². The van der Waals surface area contributed by atoms with Gasteiger partial charge in [0.1, 0.15) is 5.76 Å². The van der Waals surface area contributed by atoms with Crippen LogP contribution in [0.15, 0.2) is 45.9 Å². The molecular formula is C23H32N4O6S. The Kier molecular flexibility index (Phi) is 7.89. The second kappa shape index (κ2) is 10.9. The number of nitrogens with zero attached hydrogens (tertiary/aromatic N) is 3. The maximum absolute atomic E-state index is 13.4. The van der Waals surface area contributed by atoms with E-state index in [4.69, 9.17) is 13.9 Å². The third-order valence-corrected chi connectivity index (χ3v) is 8.02. The van der Waals surface area contributed by atoms with Crippen molar-refractivity contribution in [2.45, 2.75) is 10.9 Å². The number of ether oxygens (including phenoxy) is 2. The molecule has 1 atom stereocenters. The van der Waals surface area contributed by atoms with Crippen molar-refractivity contribution in [1.82, 2.24) is 14.5 Å². The van der Waals surface area contributed by atoms with Crippen LogP contribution in [0.3, 0.4) is 0 Å². The van der Waals surface area contributed by atoms with Crippen molar-refractivity contribution in [2.75, 3.05) is 78.1 Å². The maximum Gasteiger partial charge on any atom is 0.253 e. The summed E-state index contributed by atoms with van der Waals surface area (Å²) in [5.41, 5.74) is 1.02. The zero-order chi connectivity index (χ0) is 24.1. The first kappa shape index (κ1) is 24.7. The average Bonchev–Trinajstić information content (AvgIpc) is 3.39. The second-order valence-electron chi connectivity index (χ2n) is 8.50. The number of carbonyl (C=O) groups excluding carboxylic acids is 1. The van der Waals surface area contributed by atoms with Crippen molar-refractivity contribution < 1.29 is 27.1 Å². The van der Waals surface area contributed by atoms with E-state index in [-0.39, 0.29) is 16.8 Å². The first-order valence-electron chi connectivity index (χ1n) is 11.4. The predicted octanol–water partition coefficient (Wildman–Crippen LogP) is 1.17. The van der Waals surface area contributed by atoms with Crippen LogP contribution in [0.5, 0.6) is 0 Å². The Bertz CT molecular complexity index is 1060. The van der Waals surface area contributed by atoms with E-state index in [2.05, 4.69) is 10.2 Å². The highest BCUT2D eigenvalue weighted by Gasteiger charge is 2.29. The number of hydrogen-bond donors (Lipinski definition) is 1. The lowest BCUT2D eigenvalue weighted by Gasteiger charge is -2.31. The summed E-state index contributed by atoms with van der Waals surface area (Å²) in [7, 11) is 0.0827. The molecule has 0 saturated carbocycles. The lowest BCUT2D eigenvalue weighted by Crippen LogP contribution is -2.41. The molecule has 2 aliphatic heterocycles. The third kappa shape index (κ3) is 5.44. The molecule has 1 aromatic carbocycles. The Balaban J connectivity index is 1.62. The van der Waals surface area contributed by atoms with E-state index in [9.17, 15) is 13.2 Å². The summed E-state index contributed by atoms with van der Waals surface area (Å²) in [6.45, 7) is 3.97. The van der Waals surface area contributed by atoms with Crippen LogP contribution < -0.4 is 10.2 Å². The molecule has 0 aliphatic carbocycles. The number of amides is 1. The van der Waals surface area contributed by atoms with Crippen LogP contribution in [0.2, 0.25) is 0 Å². The molecule has 1 unspecified atom stereocenters. The van der Waals surface area contributed by atoms with Crippen LogP contribution in [-0.4, -0.2) is 96.8 Å². The summed E-state index contributed by atoms with van der Waals surface area (Å²) in [5, 5.41) is 2.98. The van der Waals surface area contributed by atoms with Crippen LogP contribution in [-0.2, 0) is 19.5 Å². The second-order valence-corrected chi connectivity index (χ2v) is 10.4. The maximum atomic E-state index is 13.4. The molecule has 1 amide bonds. The first-order valence-corrected chi connectivity index (χ1v) is 12.8. The number of hydrogen-bond acceptors (Lipinski definition) is 8. The van der Waals surface area contributed by atoms with Gasteiger partial charge in [-0.15, -0.1) is 0 Å². The van der Waals surface area contributed by atoms with E-state index >= 15 is 0 Å². The highest BCUT2D eigenvalue weighted by molar-refractivity contribution is 7.89. The molecule has 34 heavy (non-hydrogen) atoms. The standard InChI is InChI=1S/C23H32N4O6S/c1-25(2)21(22-4-3-11-33-22)17-24-23(28)19-16-18(34(29,30)27-9-14-32-15-10-27)5-6-20(19)26-7-12-31-13-8-26/h3-6,11,16,21H,7-10,12-15,17H2,1-2H3,(H,24,28). The Labute approximate surface area is 200 Å². The van der Waals surface area contributed by atoms with Crippen LogP contribution in [0.4, 0.5) is 5.69 Å². The van der Waals surface area contributed by atoms with Gasteiger partial charge in [-0.05, 0) is 44.4 Å². The lowest BCUT2D eigenvalue weighted by molar-refractivity contribution is 0.0730. The van der Waals surface area contributed by atoms with Gasteiger partial charge in [0.2, 0.25) is 10.0 Å². The fraction of sp³-hybridized carbons (Fsp3) is 0.522. The SMILES string of the molecule is CN(C)C(CNC(=O)c1cc(S(=O)(=O)N2CCOCC2)ccc1N1CCOCC1)c1ccco1. The molecule has 2 fully saturated rings. The molecule has 10 nitrogen and oxygen atoms in total.